The van der Waals surface area contributed by atoms with Crippen molar-refractivity contribution >= 4 is 21.6 Å². The fourth-order valence-corrected chi connectivity index (χ4v) is 4.17. The van der Waals surface area contributed by atoms with Crippen LogP contribution in [0.4, 0.5) is 10.1 Å². The number of anilines is 1. The number of sulfonamides is 1. The average molecular weight is 376 g/mol. The lowest BCUT2D eigenvalue weighted by molar-refractivity contribution is -0.117. The number of halogens is 1. The molecule has 3 rings (SSSR count). The predicted molar refractivity (Wildman–Crippen MR) is 98.1 cm³/mol. The molecule has 5 nitrogen and oxygen atoms in total. The van der Waals surface area contributed by atoms with E-state index in [1.807, 2.05) is 0 Å². The van der Waals surface area contributed by atoms with Gasteiger partial charge in [-0.15, -0.1) is 0 Å². The second-order valence-electron chi connectivity index (χ2n) is 6.37. The lowest BCUT2D eigenvalue weighted by Crippen LogP contribution is -2.25. The standard InChI is InChI=1S/C19H21FN2O3S/c1-22-18-10-9-16(12-15(18)13-19(22)23)26(24,25)21-11-5-4-7-14-6-2-3-8-17(14)20/h2-3,6,8-10,12,21H,4-5,7,11,13H2,1H3. The fraction of sp³-hybridized carbons (Fsp3) is 0.316. The van der Waals surface area contributed by atoms with E-state index in [1.54, 1.807) is 37.4 Å². The molecule has 0 radical (unpaired) electrons. The molecule has 2 aromatic rings. The summed E-state index contributed by atoms with van der Waals surface area (Å²) in [5.41, 5.74) is 2.11. The Balaban J connectivity index is 1.54. The van der Waals surface area contributed by atoms with Gasteiger partial charge in [0.2, 0.25) is 15.9 Å². The van der Waals surface area contributed by atoms with E-state index in [2.05, 4.69) is 4.72 Å². The minimum atomic E-state index is -3.62. The number of carbonyl (C=O) groups is 1. The molecule has 2 aromatic carbocycles. The Morgan fingerprint density at radius 1 is 1.15 bits per heavy atom. The molecule has 1 amide bonds. The highest BCUT2D eigenvalue weighted by Crippen LogP contribution is 2.29. The van der Waals surface area contributed by atoms with Crippen molar-refractivity contribution in [1.82, 2.24) is 4.72 Å². The minimum absolute atomic E-state index is 0.0457. The van der Waals surface area contributed by atoms with Gasteiger partial charge in [-0.05, 0) is 54.7 Å². The zero-order chi connectivity index (χ0) is 18.7. The maximum Gasteiger partial charge on any atom is 0.240 e. The van der Waals surface area contributed by atoms with Crippen LogP contribution in [0.1, 0.15) is 24.0 Å². The third-order valence-corrected chi connectivity index (χ3v) is 6.02. The van der Waals surface area contributed by atoms with E-state index in [0.29, 0.717) is 24.8 Å². The van der Waals surface area contributed by atoms with Gasteiger partial charge in [0.15, 0.2) is 0 Å². The quantitative estimate of drug-likeness (QED) is 0.756. The molecule has 0 saturated heterocycles. The highest BCUT2D eigenvalue weighted by molar-refractivity contribution is 7.89. The summed E-state index contributed by atoms with van der Waals surface area (Å²) >= 11 is 0. The van der Waals surface area contributed by atoms with E-state index in [9.17, 15) is 17.6 Å². The maximum absolute atomic E-state index is 13.5. The number of nitrogens with zero attached hydrogens (tertiary/aromatic N) is 1. The highest BCUT2D eigenvalue weighted by Gasteiger charge is 2.26. The average Bonchev–Trinajstić information content (AvgIpc) is 2.90. The van der Waals surface area contributed by atoms with Gasteiger partial charge in [-0.1, -0.05) is 18.2 Å². The molecule has 7 heteroatoms. The van der Waals surface area contributed by atoms with Crippen LogP contribution in [-0.4, -0.2) is 27.9 Å². The molecule has 1 aliphatic rings. The number of amides is 1. The van der Waals surface area contributed by atoms with E-state index in [-0.39, 0.29) is 29.6 Å². The van der Waals surface area contributed by atoms with Gasteiger partial charge < -0.3 is 4.90 Å². The van der Waals surface area contributed by atoms with Crippen molar-refractivity contribution < 1.29 is 17.6 Å². The van der Waals surface area contributed by atoms with Crippen LogP contribution in [-0.2, 0) is 27.7 Å². The number of fused-ring (bicyclic) bond motifs is 1. The Morgan fingerprint density at radius 2 is 1.92 bits per heavy atom. The third-order valence-electron chi connectivity index (χ3n) is 4.56. The lowest BCUT2D eigenvalue weighted by Gasteiger charge is -2.11. The van der Waals surface area contributed by atoms with Crippen LogP contribution in [0.15, 0.2) is 47.4 Å². The van der Waals surface area contributed by atoms with Gasteiger partial charge in [0.25, 0.3) is 0 Å². The number of carbonyl (C=O) groups excluding carboxylic acids is 1. The number of rotatable bonds is 7. The Labute approximate surface area is 152 Å². The summed E-state index contributed by atoms with van der Waals surface area (Å²) in [6.45, 7) is 0.284. The molecule has 0 aromatic heterocycles. The summed E-state index contributed by atoms with van der Waals surface area (Å²) < 4.78 is 40.9. The SMILES string of the molecule is CN1C(=O)Cc2cc(S(=O)(=O)NCCCCc3ccccc3F)ccc21. The third kappa shape index (κ3) is 3.94. The number of benzene rings is 2. The van der Waals surface area contributed by atoms with Crippen molar-refractivity contribution in [1.29, 1.82) is 0 Å². The summed E-state index contributed by atoms with van der Waals surface area (Å²) in [5, 5.41) is 0. The van der Waals surface area contributed by atoms with Crippen molar-refractivity contribution in [2.24, 2.45) is 0 Å². The van der Waals surface area contributed by atoms with E-state index in [1.165, 1.54) is 17.0 Å². The van der Waals surface area contributed by atoms with Gasteiger partial charge in [0, 0.05) is 19.3 Å². The monoisotopic (exact) mass is 376 g/mol. The molecule has 138 valence electrons. The summed E-state index contributed by atoms with van der Waals surface area (Å²) in [5.74, 6) is -0.276. The van der Waals surface area contributed by atoms with Gasteiger partial charge in [-0.3, -0.25) is 4.79 Å². The molecular weight excluding hydrogens is 355 g/mol. The van der Waals surface area contributed by atoms with Crippen LogP contribution in [0.2, 0.25) is 0 Å². The first-order valence-electron chi connectivity index (χ1n) is 8.51. The molecular formula is C19H21FN2O3S. The number of nitrogens with one attached hydrogen (secondary N) is 1. The van der Waals surface area contributed by atoms with Crippen molar-refractivity contribution in [2.45, 2.75) is 30.6 Å². The van der Waals surface area contributed by atoms with Gasteiger partial charge in [-0.2, -0.15) is 0 Å². The summed E-state index contributed by atoms with van der Waals surface area (Å²) in [4.78, 5) is 13.4. The molecule has 26 heavy (non-hydrogen) atoms. The number of hydrogen-bond donors (Lipinski definition) is 1. The largest absolute Gasteiger partial charge is 0.315 e. The topological polar surface area (TPSA) is 66.5 Å². The number of aryl methyl sites for hydroxylation is 1. The lowest BCUT2D eigenvalue weighted by atomic mass is 10.1. The van der Waals surface area contributed by atoms with E-state index >= 15 is 0 Å². The molecule has 0 spiro atoms. The predicted octanol–water partition coefficient (Wildman–Crippen LogP) is 2.65. The molecule has 1 heterocycles. The normalized spacial score (nSPS) is 13.9. The highest BCUT2D eigenvalue weighted by atomic mass is 32.2. The zero-order valence-corrected chi connectivity index (χ0v) is 15.4. The summed E-state index contributed by atoms with van der Waals surface area (Å²) in [7, 11) is -1.95. The maximum atomic E-state index is 13.5. The van der Waals surface area contributed by atoms with Gasteiger partial charge in [-0.25, -0.2) is 17.5 Å². The van der Waals surface area contributed by atoms with E-state index in [4.69, 9.17) is 0 Å². The Bertz CT molecular complexity index is 928. The van der Waals surface area contributed by atoms with Gasteiger partial charge in [0.1, 0.15) is 5.82 Å². The van der Waals surface area contributed by atoms with E-state index in [0.717, 1.165) is 11.3 Å². The molecule has 0 fully saturated rings. The first-order chi connectivity index (χ1) is 12.4. The number of hydrogen-bond acceptors (Lipinski definition) is 3. The van der Waals surface area contributed by atoms with Gasteiger partial charge >= 0.3 is 0 Å². The zero-order valence-electron chi connectivity index (χ0n) is 14.5. The Hall–Kier alpha value is -2.25. The summed E-state index contributed by atoms with van der Waals surface area (Å²) in [6.07, 6.45) is 2.09. The van der Waals surface area contributed by atoms with Crippen LogP contribution in [0.5, 0.6) is 0 Å². The molecule has 0 bridgehead atoms. The molecule has 0 saturated carbocycles. The fourth-order valence-electron chi connectivity index (χ4n) is 3.05. The van der Waals surface area contributed by atoms with Crippen LogP contribution in [0.3, 0.4) is 0 Å². The van der Waals surface area contributed by atoms with Crippen LogP contribution in [0.25, 0.3) is 0 Å². The first-order valence-corrected chi connectivity index (χ1v) is 9.99. The van der Waals surface area contributed by atoms with Crippen molar-refractivity contribution in [3.63, 3.8) is 0 Å². The molecule has 0 atom stereocenters. The summed E-state index contributed by atoms with van der Waals surface area (Å²) in [6, 6.07) is 11.3. The van der Waals surface area contributed by atoms with Crippen molar-refractivity contribution in [3.8, 4) is 0 Å². The Kier molecular flexibility index (Phi) is 5.38. The van der Waals surface area contributed by atoms with Crippen LogP contribution >= 0.6 is 0 Å². The van der Waals surface area contributed by atoms with Crippen molar-refractivity contribution in [2.75, 3.05) is 18.5 Å². The smallest absolute Gasteiger partial charge is 0.240 e. The number of unbranched alkanes of at least 4 members (excludes halogenated alkanes) is 1. The van der Waals surface area contributed by atoms with Crippen LogP contribution in [0, 0.1) is 5.82 Å². The number of likely N-dealkylation sites (N-methyl/N-ethyl adjacent to an activating group) is 1. The van der Waals surface area contributed by atoms with Crippen LogP contribution < -0.4 is 9.62 Å². The Morgan fingerprint density at radius 3 is 2.69 bits per heavy atom. The molecule has 0 unspecified atom stereocenters. The van der Waals surface area contributed by atoms with E-state index < -0.39 is 10.0 Å². The second kappa shape index (κ2) is 7.55. The molecule has 1 aliphatic heterocycles. The molecule has 1 N–H and O–H groups in total. The second-order valence-corrected chi connectivity index (χ2v) is 8.13. The van der Waals surface area contributed by atoms with Crippen molar-refractivity contribution in [3.05, 3.63) is 59.4 Å². The first kappa shape index (κ1) is 18.5. The minimum Gasteiger partial charge on any atom is -0.315 e. The van der Waals surface area contributed by atoms with Gasteiger partial charge in [0.05, 0.1) is 11.3 Å². The molecule has 0 aliphatic carbocycles.